The largest absolute Gasteiger partial charge is 0.494 e. The second-order valence-corrected chi connectivity index (χ2v) is 5.11. The molecule has 2 heterocycles. The Bertz CT molecular complexity index is 703. The number of amides is 1. The Morgan fingerprint density at radius 1 is 1.47 bits per heavy atom. The summed E-state index contributed by atoms with van der Waals surface area (Å²) >= 11 is 5.37. The summed E-state index contributed by atoms with van der Waals surface area (Å²) in [4.78, 5) is 17.1. The molecule has 19 heavy (non-hydrogen) atoms. The van der Waals surface area contributed by atoms with E-state index >= 15 is 0 Å². The van der Waals surface area contributed by atoms with Crippen LogP contribution in [-0.4, -0.2) is 41.1 Å². The number of carbonyl (C=O) groups is 1. The Balaban J connectivity index is 2.22. The molecule has 0 radical (unpaired) electrons. The number of hydrogen-bond donors (Lipinski definition) is 1. The summed E-state index contributed by atoms with van der Waals surface area (Å²) in [5, 5.41) is 0. The first-order valence-electron chi connectivity index (χ1n) is 6.15. The third kappa shape index (κ3) is 1.74. The fourth-order valence-electron chi connectivity index (χ4n) is 2.65. The lowest BCUT2D eigenvalue weighted by molar-refractivity contribution is -0.129. The topological polar surface area (TPSA) is 50.3 Å². The first-order valence-corrected chi connectivity index (χ1v) is 6.56. The minimum Gasteiger partial charge on any atom is -0.494 e. The van der Waals surface area contributed by atoms with Crippen molar-refractivity contribution >= 4 is 29.2 Å². The van der Waals surface area contributed by atoms with E-state index in [9.17, 15) is 4.79 Å². The summed E-state index contributed by atoms with van der Waals surface area (Å²) in [7, 11) is 3.44. The van der Waals surface area contributed by atoms with E-state index in [1.165, 1.54) is 0 Å². The molecule has 1 aromatic heterocycles. The number of aromatic nitrogens is 2. The van der Waals surface area contributed by atoms with Gasteiger partial charge in [-0.1, -0.05) is 6.07 Å². The highest BCUT2D eigenvalue weighted by Gasteiger charge is 2.32. The lowest BCUT2D eigenvalue weighted by Crippen LogP contribution is -2.24. The molecule has 0 spiro atoms. The lowest BCUT2D eigenvalue weighted by atomic mass is 10.2. The number of ether oxygens (including phenoxy) is 1. The smallest absolute Gasteiger partial charge is 0.245 e. The number of aromatic amines is 1. The molecule has 1 fully saturated rings. The molecule has 1 amide bonds. The second-order valence-electron chi connectivity index (χ2n) is 4.72. The van der Waals surface area contributed by atoms with Crippen LogP contribution in [0.1, 0.15) is 12.5 Å². The highest BCUT2D eigenvalue weighted by molar-refractivity contribution is 7.71. The van der Waals surface area contributed by atoms with Crippen LogP contribution in [0.5, 0.6) is 5.75 Å². The highest BCUT2D eigenvalue weighted by Crippen LogP contribution is 2.30. The van der Waals surface area contributed by atoms with Gasteiger partial charge in [0.2, 0.25) is 5.91 Å². The van der Waals surface area contributed by atoms with Crippen molar-refractivity contribution in [3.8, 4) is 5.75 Å². The Morgan fingerprint density at radius 2 is 2.26 bits per heavy atom. The molecular weight excluding hydrogens is 262 g/mol. The molecular formula is C13H15N3O2S. The molecule has 1 N–H and O–H groups in total. The van der Waals surface area contributed by atoms with Gasteiger partial charge in [0.05, 0.1) is 12.6 Å². The van der Waals surface area contributed by atoms with Gasteiger partial charge in [0.1, 0.15) is 17.3 Å². The lowest BCUT2D eigenvalue weighted by Gasteiger charge is -2.12. The molecule has 0 saturated carbocycles. The Labute approximate surface area is 115 Å². The SMILES string of the molecule is COc1cccc2c1[nH]c(=S)n2C1CCN(C)C1=O. The number of imidazole rings is 1. The van der Waals surface area contributed by atoms with E-state index in [1.54, 1.807) is 12.0 Å². The van der Waals surface area contributed by atoms with E-state index in [1.807, 2.05) is 29.8 Å². The van der Waals surface area contributed by atoms with E-state index in [2.05, 4.69) is 4.98 Å². The molecule has 1 atom stereocenters. The number of methoxy groups -OCH3 is 1. The Kier molecular flexibility index (Phi) is 2.82. The van der Waals surface area contributed by atoms with E-state index in [-0.39, 0.29) is 11.9 Å². The minimum absolute atomic E-state index is 0.111. The van der Waals surface area contributed by atoms with Crippen molar-refractivity contribution in [2.45, 2.75) is 12.5 Å². The van der Waals surface area contributed by atoms with Crippen LogP contribution in [0.4, 0.5) is 0 Å². The number of H-pyrrole nitrogens is 1. The second kappa shape index (κ2) is 4.38. The maximum atomic E-state index is 12.2. The fraction of sp³-hybridized carbons (Fsp3) is 0.385. The van der Waals surface area contributed by atoms with Crippen LogP contribution in [0.25, 0.3) is 11.0 Å². The number of hydrogen-bond acceptors (Lipinski definition) is 3. The monoisotopic (exact) mass is 277 g/mol. The summed E-state index contributed by atoms with van der Waals surface area (Å²) < 4.78 is 7.79. The first kappa shape index (κ1) is 12.2. The molecule has 1 aromatic carbocycles. The summed E-state index contributed by atoms with van der Waals surface area (Å²) in [5.74, 6) is 0.848. The number of fused-ring (bicyclic) bond motifs is 1. The number of para-hydroxylation sites is 1. The highest BCUT2D eigenvalue weighted by atomic mass is 32.1. The molecule has 5 nitrogen and oxygen atoms in total. The molecule has 3 rings (SSSR count). The van der Waals surface area contributed by atoms with Gasteiger partial charge in [-0.3, -0.25) is 4.79 Å². The van der Waals surface area contributed by atoms with Gasteiger partial charge < -0.3 is 19.2 Å². The van der Waals surface area contributed by atoms with E-state index < -0.39 is 0 Å². The average Bonchev–Trinajstić information content (AvgIpc) is 2.90. The maximum absolute atomic E-state index is 12.2. The average molecular weight is 277 g/mol. The quantitative estimate of drug-likeness (QED) is 0.855. The molecule has 0 bridgehead atoms. The normalized spacial score (nSPS) is 19.4. The summed E-state index contributed by atoms with van der Waals surface area (Å²) in [6, 6.07) is 5.53. The van der Waals surface area contributed by atoms with Gasteiger partial charge >= 0.3 is 0 Å². The van der Waals surface area contributed by atoms with Crippen LogP contribution in [0.3, 0.4) is 0 Å². The molecule has 6 heteroatoms. The van der Waals surface area contributed by atoms with Gasteiger partial charge in [0.15, 0.2) is 4.77 Å². The number of rotatable bonds is 2. The fourth-order valence-corrected chi connectivity index (χ4v) is 2.97. The molecule has 100 valence electrons. The van der Waals surface area contributed by atoms with Gasteiger partial charge in [0.25, 0.3) is 0 Å². The van der Waals surface area contributed by atoms with Crippen molar-refractivity contribution in [3.05, 3.63) is 23.0 Å². The van der Waals surface area contributed by atoms with Crippen LogP contribution in [0, 0.1) is 4.77 Å². The van der Waals surface area contributed by atoms with Crippen molar-refractivity contribution in [3.63, 3.8) is 0 Å². The molecule has 1 unspecified atom stereocenters. The molecule has 1 saturated heterocycles. The van der Waals surface area contributed by atoms with Gasteiger partial charge in [-0.05, 0) is 30.8 Å². The van der Waals surface area contributed by atoms with Crippen LogP contribution < -0.4 is 4.74 Å². The summed E-state index contributed by atoms with van der Waals surface area (Å²) in [6.07, 6.45) is 0.786. The first-order chi connectivity index (χ1) is 9.13. The van der Waals surface area contributed by atoms with Crippen LogP contribution >= 0.6 is 12.2 Å². The number of carbonyl (C=O) groups excluding carboxylic acids is 1. The van der Waals surface area contributed by atoms with Crippen LogP contribution in [-0.2, 0) is 4.79 Å². The Hall–Kier alpha value is -1.82. The van der Waals surface area contributed by atoms with Crippen molar-refractivity contribution in [2.75, 3.05) is 20.7 Å². The minimum atomic E-state index is -0.210. The predicted octanol–water partition coefficient (Wildman–Crippen LogP) is 2.11. The van der Waals surface area contributed by atoms with Crippen molar-refractivity contribution in [1.82, 2.24) is 14.5 Å². The van der Waals surface area contributed by atoms with Crippen molar-refractivity contribution in [2.24, 2.45) is 0 Å². The van der Waals surface area contributed by atoms with Crippen LogP contribution in [0.15, 0.2) is 18.2 Å². The molecule has 1 aliphatic rings. The third-order valence-electron chi connectivity index (χ3n) is 3.65. The predicted molar refractivity (Wildman–Crippen MR) is 75.0 cm³/mol. The van der Waals surface area contributed by atoms with E-state index in [0.717, 1.165) is 29.7 Å². The molecule has 1 aliphatic heterocycles. The number of benzene rings is 1. The standard InChI is InChI=1S/C13H15N3O2S/c1-15-7-6-9(12(15)17)16-8-4-3-5-10(18-2)11(8)14-13(16)19/h3-5,9H,6-7H2,1-2H3,(H,14,19). The third-order valence-corrected chi connectivity index (χ3v) is 3.94. The molecule has 2 aromatic rings. The number of nitrogens with one attached hydrogen (secondary N) is 1. The van der Waals surface area contributed by atoms with Crippen molar-refractivity contribution in [1.29, 1.82) is 0 Å². The number of nitrogens with zero attached hydrogens (tertiary/aromatic N) is 2. The van der Waals surface area contributed by atoms with Gasteiger partial charge in [-0.25, -0.2) is 0 Å². The van der Waals surface area contributed by atoms with E-state index in [4.69, 9.17) is 17.0 Å². The summed E-state index contributed by atoms with van der Waals surface area (Å²) in [6.45, 7) is 0.766. The van der Waals surface area contributed by atoms with Gasteiger partial charge in [-0.2, -0.15) is 0 Å². The zero-order valence-corrected chi connectivity index (χ0v) is 11.7. The molecule has 0 aliphatic carbocycles. The van der Waals surface area contributed by atoms with E-state index in [0.29, 0.717) is 4.77 Å². The zero-order chi connectivity index (χ0) is 13.6. The van der Waals surface area contributed by atoms with Crippen LogP contribution in [0.2, 0.25) is 0 Å². The Morgan fingerprint density at radius 3 is 2.89 bits per heavy atom. The van der Waals surface area contributed by atoms with Crippen molar-refractivity contribution < 1.29 is 9.53 Å². The zero-order valence-electron chi connectivity index (χ0n) is 10.8. The number of likely N-dealkylation sites (tertiary alicyclic amines) is 1. The number of likely N-dealkylation sites (N-methyl/N-ethyl adjacent to an activating group) is 1. The maximum Gasteiger partial charge on any atom is 0.245 e. The van der Waals surface area contributed by atoms with Gasteiger partial charge in [0, 0.05) is 13.6 Å². The van der Waals surface area contributed by atoms with Gasteiger partial charge in [-0.15, -0.1) is 0 Å². The summed E-state index contributed by atoms with van der Waals surface area (Å²) in [5.41, 5.74) is 1.76.